The molecule has 0 saturated carbocycles. The number of hydrazine groups is 1. The highest BCUT2D eigenvalue weighted by Crippen LogP contribution is 2.07. The number of amides is 1. The Morgan fingerprint density at radius 3 is 2.65 bits per heavy atom. The van der Waals surface area contributed by atoms with E-state index in [-0.39, 0.29) is 12.1 Å². The fourth-order valence-electron chi connectivity index (χ4n) is 1.61. The highest BCUT2D eigenvalue weighted by Gasteiger charge is 2.15. The van der Waals surface area contributed by atoms with E-state index in [1.807, 2.05) is 44.2 Å². The van der Waals surface area contributed by atoms with Gasteiger partial charge in [-0.05, 0) is 18.9 Å². The van der Waals surface area contributed by atoms with Gasteiger partial charge in [-0.3, -0.25) is 10.2 Å². The molecule has 0 aromatic heterocycles. The molecule has 2 atom stereocenters. The summed E-state index contributed by atoms with van der Waals surface area (Å²) in [5.41, 5.74) is 6.53. The van der Waals surface area contributed by atoms with Gasteiger partial charge in [0.1, 0.15) is 0 Å². The van der Waals surface area contributed by atoms with Crippen LogP contribution in [0.15, 0.2) is 30.3 Å². The lowest BCUT2D eigenvalue weighted by molar-refractivity contribution is -0.111. The molecule has 0 fully saturated rings. The minimum atomic E-state index is 0.0349. The smallest absolute Gasteiger partial charge is 0.221 e. The van der Waals surface area contributed by atoms with E-state index < -0.39 is 0 Å². The maximum absolute atomic E-state index is 10.2. The molecule has 0 aliphatic heterocycles. The second-order valence-corrected chi connectivity index (χ2v) is 3.92. The Balaban J connectivity index is 2.36. The van der Waals surface area contributed by atoms with Gasteiger partial charge < -0.3 is 4.74 Å². The summed E-state index contributed by atoms with van der Waals surface area (Å²) >= 11 is 0. The molecule has 1 amide bonds. The molecule has 17 heavy (non-hydrogen) atoms. The maximum atomic E-state index is 10.2. The van der Waals surface area contributed by atoms with Crippen LogP contribution in [0.25, 0.3) is 0 Å². The molecule has 0 spiro atoms. The van der Waals surface area contributed by atoms with Gasteiger partial charge in [0.25, 0.3) is 0 Å². The third-order valence-corrected chi connectivity index (χ3v) is 2.69. The Kier molecular flexibility index (Phi) is 6.29. The van der Waals surface area contributed by atoms with Crippen molar-refractivity contribution in [2.45, 2.75) is 39.0 Å². The van der Waals surface area contributed by atoms with Crippen molar-refractivity contribution in [1.82, 2.24) is 10.9 Å². The molecule has 1 aromatic rings. The van der Waals surface area contributed by atoms with Crippen LogP contribution in [0.1, 0.15) is 25.8 Å². The molecule has 1 rings (SSSR count). The van der Waals surface area contributed by atoms with E-state index in [0.29, 0.717) is 13.0 Å². The van der Waals surface area contributed by atoms with E-state index >= 15 is 0 Å². The average molecular weight is 236 g/mol. The molecule has 0 radical (unpaired) electrons. The zero-order chi connectivity index (χ0) is 12.5. The first kappa shape index (κ1) is 13.7. The van der Waals surface area contributed by atoms with Crippen LogP contribution in [0, 0.1) is 0 Å². The molecule has 0 aliphatic rings. The number of hydrogen-bond donors (Lipinski definition) is 2. The molecule has 1 aromatic carbocycles. The average Bonchev–Trinajstić information content (AvgIpc) is 2.38. The van der Waals surface area contributed by atoms with Gasteiger partial charge in [0, 0.05) is 0 Å². The number of carbonyl (C=O) groups excluding carboxylic acids is 1. The van der Waals surface area contributed by atoms with Crippen molar-refractivity contribution in [2.75, 3.05) is 0 Å². The standard InChI is InChI=1S/C13H20N2O2/c1-3-13(15-14-10-16)11(2)17-9-12-7-5-4-6-8-12/h4-8,10-11,13,15H,3,9H2,1-2H3,(H,14,16)/t11-,13?/m1/s1. The molecule has 0 aliphatic carbocycles. The zero-order valence-electron chi connectivity index (χ0n) is 10.3. The SMILES string of the molecule is CCC(NNC=O)[C@@H](C)OCc1ccccc1. The van der Waals surface area contributed by atoms with Crippen LogP contribution in [0.3, 0.4) is 0 Å². The van der Waals surface area contributed by atoms with E-state index in [1.54, 1.807) is 0 Å². The fraction of sp³-hybridized carbons (Fsp3) is 0.462. The number of carbonyl (C=O) groups is 1. The Hall–Kier alpha value is -1.39. The summed E-state index contributed by atoms with van der Waals surface area (Å²) in [6.07, 6.45) is 1.55. The molecule has 2 N–H and O–H groups in total. The highest BCUT2D eigenvalue weighted by atomic mass is 16.5. The van der Waals surface area contributed by atoms with Gasteiger partial charge in [-0.25, -0.2) is 5.43 Å². The normalized spacial score (nSPS) is 14.0. The summed E-state index contributed by atoms with van der Waals surface area (Å²) < 4.78 is 5.76. The van der Waals surface area contributed by atoms with Crippen LogP contribution in [-0.2, 0) is 16.1 Å². The van der Waals surface area contributed by atoms with Crippen molar-refractivity contribution in [3.63, 3.8) is 0 Å². The van der Waals surface area contributed by atoms with Gasteiger partial charge in [-0.2, -0.15) is 0 Å². The van der Waals surface area contributed by atoms with Crippen molar-refractivity contribution >= 4 is 6.41 Å². The van der Waals surface area contributed by atoms with Gasteiger partial charge >= 0.3 is 0 Å². The monoisotopic (exact) mass is 236 g/mol. The van der Waals surface area contributed by atoms with E-state index in [0.717, 1.165) is 12.0 Å². The Labute approximate surface area is 102 Å². The number of nitrogens with one attached hydrogen (secondary N) is 2. The fourth-order valence-corrected chi connectivity index (χ4v) is 1.61. The first-order valence-electron chi connectivity index (χ1n) is 5.88. The van der Waals surface area contributed by atoms with Gasteiger partial charge in [0.2, 0.25) is 6.41 Å². The summed E-state index contributed by atoms with van der Waals surface area (Å²) in [5, 5.41) is 0. The van der Waals surface area contributed by atoms with E-state index in [1.165, 1.54) is 0 Å². The zero-order valence-corrected chi connectivity index (χ0v) is 10.3. The van der Waals surface area contributed by atoms with Crippen molar-refractivity contribution in [2.24, 2.45) is 0 Å². The van der Waals surface area contributed by atoms with Gasteiger partial charge in [0.05, 0.1) is 18.8 Å². The summed E-state index contributed by atoms with van der Waals surface area (Å²) in [7, 11) is 0. The van der Waals surface area contributed by atoms with E-state index in [4.69, 9.17) is 4.74 Å². The summed E-state index contributed by atoms with van der Waals surface area (Å²) in [6, 6.07) is 10.1. The number of rotatable bonds is 8. The van der Waals surface area contributed by atoms with Crippen LogP contribution in [0.5, 0.6) is 0 Å². The van der Waals surface area contributed by atoms with Crippen molar-refractivity contribution in [3.05, 3.63) is 35.9 Å². The second-order valence-electron chi connectivity index (χ2n) is 3.92. The topological polar surface area (TPSA) is 50.4 Å². The van der Waals surface area contributed by atoms with Crippen LogP contribution < -0.4 is 10.9 Å². The minimum absolute atomic E-state index is 0.0349. The van der Waals surface area contributed by atoms with E-state index in [9.17, 15) is 4.79 Å². The largest absolute Gasteiger partial charge is 0.372 e. The van der Waals surface area contributed by atoms with Gasteiger partial charge in [-0.15, -0.1) is 0 Å². The van der Waals surface area contributed by atoms with Crippen LogP contribution in [0.4, 0.5) is 0 Å². The highest BCUT2D eigenvalue weighted by molar-refractivity contribution is 5.44. The molecular formula is C13H20N2O2. The summed E-state index contributed by atoms with van der Waals surface area (Å²) in [6.45, 7) is 4.63. The minimum Gasteiger partial charge on any atom is -0.372 e. The molecule has 1 unspecified atom stereocenters. The number of hydrogen-bond acceptors (Lipinski definition) is 3. The second kappa shape index (κ2) is 7.81. The molecule has 0 heterocycles. The third kappa shape index (κ3) is 4.97. The van der Waals surface area contributed by atoms with Gasteiger partial charge in [-0.1, -0.05) is 37.3 Å². The van der Waals surface area contributed by atoms with Crippen LogP contribution >= 0.6 is 0 Å². The summed E-state index contributed by atoms with van der Waals surface area (Å²) in [4.78, 5) is 10.2. The number of ether oxygens (including phenoxy) is 1. The first-order valence-corrected chi connectivity index (χ1v) is 5.88. The lowest BCUT2D eigenvalue weighted by Crippen LogP contribution is -2.46. The molecule has 4 heteroatoms. The Morgan fingerprint density at radius 2 is 2.06 bits per heavy atom. The first-order chi connectivity index (χ1) is 8.27. The van der Waals surface area contributed by atoms with Crippen molar-refractivity contribution in [3.8, 4) is 0 Å². The third-order valence-electron chi connectivity index (χ3n) is 2.69. The molecule has 0 bridgehead atoms. The van der Waals surface area contributed by atoms with Gasteiger partial charge in [0.15, 0.2) is 0 Å². The molecule has 94 valence electrons. The lowest BCUT2D eigenvalue weighted by Gasteiger charge is -2.23. The van der Waals surface area contributed by atoms with Crippen LogP contribution in [0.2, 0.25) is 0 Å². The lowest BCUT2D eigenvalue weighted by atomic mass is 10.1. The predicted octanol–water partition coefficient (Wildman–Crippen LogP) is 1.62. The van der Waals surface area contributed by atoms with E-state index in [2.05, 4.69) is 10.9 Å². The quantitative estimate of drug-likeness (QED) is 0.532. The summed E-state index contributed by atoms with van der Waals surface area (Å²) in [5.74, 6) is 0. The van der Waals surface area contributed by atoms with Crippen molar-refractivity contribution < 1.29 is 9.53 Å². The molecule has 0 saturated heterocycles. The van der Waals surface area contributed by atoms with Crippen LogP contribution in [-0.4, -0.2) is 18.6 Å². The predicted molar refractivity (Wildman–Crippen MR) is 67.1 cm³/mol. The molecular weight excluding hydrogens is 216 g/mol. The Morgan fingerprint density at radius 1 is 1.35 bits per heavy atom. The maximum Gasteiger partial charge on any atom is 0.221 e. The Bertz CT molecular complexity index is 316. The van der Waals surface area contributed by atoms with Crippen molar-refractivity contribution in [1.29, 1.82) is 0 Å². The number of benzene rings is 1. The molecule has 4 nitrogen and oxygen atoms in total.